The standard InChI is InChI=1S/C19H29N/c1-14-11-16(13-19(2,3)12-14)20-18-10-6-8-15-7-4-5-9-17(15)18/h4-5,7,9,14,16,18,20H,6,8,10-13H2,1-3H3. The molecule has 1 N–H and O–H groups in total. The summed E-state index contributed by atoms with van der Waals surface area (Å²) < 4.78 is 0. The summed E-state index contributed by atoms with van der Waals surface area (Å²) >= 11 is 0. The smallest absolute Gasteiger partial charge is 0.0325 e. The van der Waals surface area contributed by atoms with Gasteiger partial charge in [-0.2, -0.15) is 0 Å². The first kappa shape index (κ1) is 14.1. The third kappa shape index (κ3) is 3.09. The van der Waals surface area contributed by atoms with Crippen LogP contribution in [0.15, 0.2) is 24.3 Å². The highest BCUT2D eigenvalue weighted by molar-refractivity contribution is 5.32. The van der Waals surface area contributed by atoms with Crippen LogP contribution in [0, 0.1) is 11.3 Å². The Kier molecular flexibility index (Phi) is 3.90. The van der Waals surface area contributed by atoms with E-state index < -0.39 is 0 Å². The average molecular weight is 271 g/mol. The Morgan fingerprint density at radius 1 is 1.15 bits per heavy atom. The molecule has 0 amide bonds. The summed E-state index contributed by atoms with van der Waals surface area (Å²) in [6.07, 6.45) is 7.97. The molecular weight excluding hydrogens is 242 g/mol. The Bertz CT molecular complexity index is 463. The molecule has 110 valence electrons. The van der Waals surface area contributed by atoms with E-state index in [9.17, 15) is 0 Å². The number of rotatable bonds is 2. The van der Waals surface area contributed by atoms with Crippen LogP contribution in [-0.2, 0) is 6.42 Å². The van der Waals surface area contributed by atoms with Crippen molar-refractivity contribution in [2.24, 2.45) is 11.3 Å². The second-order valence-corrected chi connectivity index (χ2v) is 7.92. The molecule has 1 heteroatoms. The van der Waals surface area contributed by atoms with Crippen molar-refractivity contribution in [3.63, 3.8) is 0 Å². The van der Waals surface area contributed by atoms with Crippen molar-refractivity contribution in [1.29, 1.82) is 0 Å². The maximum Gasteiger partial charge on any atom is 0.0325 e. The number of aryl methyl sites for hydroxylation is 1. The van der Waals surface area contributed by atoms with Crippen LogP contribution in [0.3, 0.4) is 0 Å². The minimum atomic E-state index is 0.503. The van der Waals surface area contributed by atoms with Gasteiger partial charge in [-0.15, -0.1) is 0 Å². The molecule has 3 atom stereocenters. The average Bonchev–Trinajstić information content (AvgIpc) is 2.37. The van der Waals surface area contributed by atoms with Gasteiger partial charge < -0.3 is 5.32 Å². The highest BCUT2D eigenvalue weighted by Crippen LogP contribution is 2.40. The molecule has 0 radical (unpaired) electrons. The lowest BCUT2D eigenvalue weighted by atomic mass is 9.70. The molecule has 1 aromatic carbocycles. The van der Waals surface area contributed by atoms with E-state index in [4.69, 9.17) is 0 Å². The number of hydrogen-bond donors (Lipinski definition) is 1. The van der Waals surface area contributed by atoms with Gasteiger partial charge in [0.25, 0.3) is 0 Å². The summed E-state index contributed by atoms with van der Waals surface area (Å²) in [6.45, 7) is 7.29. The molecule has 1 fully saturated rings. The second kappa shape index (κ2) is 5.52. The number of fused-ring (bicyclic) bond motifs is 1. The molecule has 0 bridgehead atoms. The van der Waals surface area contributed by atoms with Crippen molar-refractivity contribution in [2.45, 2.75) is 71.4 Å². The molecule has 0 aromatic heterocycles. The Balaban J connectivity index is 1.72. The molecular formula is C19H29N. The van der Waals surface area contributed by atoms with Crippen molar-refractivity contribution in [1.82, 2.24) is 5.32 Å². The van der Waals surface area contributed by atoms with Gasteiger partial charge in [-0.3, -0.25) is 0 Å². The quantitative estimate of drug-likeness (QED) is 0.809. The van der Waals surface area contributed by atoms with Gasteiger partial charge in [-0.25, -0.2) is 0 Å². The van der Waals surface area contributed by atoms with Crippen LogP contribution >= 0.6 is 0 Å². The van der Waals surface area contributed by atoms with E-state index in [0.29, 0.717) is 17.5 Å². The van der Waals surface area contributed by atoms with Crippen molar-refractivity contribution >= 4 is 0 Å². The molecule has 0 spiro atoms. The largest absolute Gasteiger partial charge is 0.307 e. The van der Waals surface area contributed by atoms with Crippen molar-refractivity contribution in [2.75, 3.05) is 0 Å². The fourth-order valence-corrected chi connectivity index (χ4v) is 4.68. The van der Waals surface area contributed by atoms with Gasteiger partial charge >= 0.3 is 0 Å². The molecule has 0 heterocycles. The van der Waals surface area contributed by atoms with E-state index in [-0.39, 0.29) is 0 Å². The molecule has 1 nitrogen and oxygen atoms in total. The predicted molar refractivity (Wildman–Crippen MR) is 85.8 cm³/mol. The van der Waals surface area contributed by atoms with E-state index in [1.807, 2.05) is 0 Å². The van der Waals surface area contributed by atoms with E-state index >= 15 is 0 Å². The minimum Gasteiger partial charge on any atom is -0.307 e. The van der Waals surface area contributed by atoms with E-state index in [2.05, 4.69) is 50.4 Å². The van der Waals surface area contributed by atoms with Crippen LogP contribution in [0.25, 0.3) is 0 Å². The van der Waals surface area contributed by atoms with Gasteiger partial charge in [0.2, 0.25) is 0 Å². The van der Waals surface area contributed by atoms with Gasteiger partial charge in [0.15, 0.2) is 0 Å². The molecule has 0 aliphatic heterocycles. The molecule has 2 aliphatic carbocycles. The van der Waals surface area contributed by atoms with E-state index in [1.165, 1.54) is 38.5 Å². The maximum absolute atomic E-state index is 4.00. The van der Waals surface area contributed by atoms with Crippen LogP contribution in [0.4, 0.5) is 0 Å². The zero-order valence-corrected chi connectivity index (χ0v) is 13.3. The lowest BCUT2D eigenvalue weighted by molar-refractivity contribution is 0.142. The van der Waals surface area contributed by atoms with E-state index in [1.54, 1.807) is 11.1 Å². The zero-order chi connectivity index (χ0) is 14.2. The normalized spacial score (nSPS) is 32.6. The van der Waals surface area contributed by atoms with Crippen molar-refractivity contribution in [3.8, 4) is 0 Å². The van der Waals surface area contributed by atoms with Gasteiger partial charge in [-0.1, -0.05) is 45.0 Å². The third-order valence-corrected chi connectivity index (χ3v) is 5.19. The van der Waals surface area contributed by atoms with Crippen molar-refractivity contribution < 1.29 is 0 Å². The summed E-state index contributed by atoms with van der Waals surface area (Å²) in [4.78, 5) is 0. The topological polar surface area (TPSA) is 12.0 Å². The lowest BCUT2D eigenvalue weighted by Gasteiger charge is -2.41. The van der Waals surface area contributed by atoms with E-state index in [0.717, 1.165) is 5.92 Å². The van der Waals surface area contributed by atoms with Gasteiger partial charge in [0.05, 0.1) is 0 Å². The van der Waals surface area contributed by atoms with Gasteiger partial charge in [-0.05, 0) is 61.0 Å². The first-order chi connectivity index (χ1) is 9.53. The van der Waals surface area contributed by atoms with Crippen LogP contribution in [-0.4, -0.2) is 6.04 Å². The molecule has 2 aliphatic rings. The SMILES string of the molecule is CC1CC(NC2CCCc3ccccc32)CC(C)(C)C1. The zero-order valence-electron chi connectivity index (χ0n) is 13.3. The molecule has 3 unspecified atom stereocenters. The van der Waals surface area contributed by atoms with Crippen LogP contribution in [0.1, 0.15) is 70.0 Å². The fourth-order valence-electron chi connectivity index (χ4n) is 4.68. The monoisotopic (exact) mass is 271 g/mol. The molecule has 1 saturated carbocycles. The summed E-state index contributed by atoms with van der Waals surface area (Å²) in [7, 11) is 0. The van der Waals surface area contributed by atoms with Crippen LogP contribution in [0.5, 0.6) is 0 Å². The Labute approximate surface area is 124 Å². The third-order valence-electron chi connectivity index (χ3n) is 5.19. The highest BCUT2D eigenvalue weighted by atomic mass is 15.0. The maximum atomic E-state index is 4.00. The summed E-state index contributed by atoms with van der Waals surface area (Å²) in [5, 5.41) is 4.00. The minimum absolute atomic E-state index is 0.503. The van der Waals surface area contributed by atoms with Crippen LogP contribution in [0.2, 0.25) is 0 Å². The summed E-state index contributed by atoms with van der Waals surface area (Å²) in [6, 6.07) is 10.3. The Morgan fingerprint density at radius 3 is 2.75 bits per heavy atom. The van der Waals surface area contributed by atoms with Gasteiger partial charge in [0, 0.05) is 12.1 Å². The number of nitrogens with one attached hydrogen (secondary N) is 1. The first-order valence-corrected chi connectivity index (χ1v) is 8.37. The second-order valence-electron chi connectivity index (χ2n) is 7.92. The van der Waals surface area contributed by atoms with Crippen LogP contribution < -0.4 is 5.32 Å². The van der Waals surface area contributed by atoms with Gasteiger partial charge in [0.1, 0.15) is 0 Å². The molecule has 1 aromatic rings. The first-order valence-electron chi connectivity index (χ1n) is 8.37. The molecule has 0 saturated heterocycles. The predicted octanol–water partition coefficient (Wildman–Crippen LogP) is 4.87. The Hall–Kier alpha value is -0.820. The number of hydrogen-bond acceptors (Lipinski definition) is 1. The lowest BCUT2D eigenvalue weighted by Crippen LogP contribution is -2.42. The Morgan fingerprint density at radius 2 is 1.95 bits per heavy atom. The summed E-state index contributed by atoms with van der Waals surface area (Å²) in [5.74, 6) is 0.857. The number of benzene rings is 1. The molecule has 20 heavy (non-hydrogen) atoms. The highest BCUT2D eigenvalue weighted by Gasteiger charge is 2.33. The molecule has 3 rings (SSSR count). The van der Waals surface area contributed by atoms with Crippen molar-refractivity contribution in [3.05, 3.63) is 35.4 Å². The fraction of sp³-hybridized carbons (Fsp3) is 0.684. The summed E-state index contributed by atoms with van der Waals surface area (Å²) in [5.41, 5.74) is 3.64.